The van der Waals surface area contributed by atoms with Crippen molar-refractivity contribution in [2.45, 2.75) is 32.7 Å². The summed E-state index contributed by atoms with van der Waals surface area (Å²) in [5, 5.41) is 6.38. The maximum atomic E-state index is 12.1. The molecule has 1 heterocycles. The van der Waals surface area contributed by atoms with Crippen LogP contribution < -0.4 is 10.6 Å². The van der Waals surface area contributed by atoms with E-state index < -0.39 is 0 Å². The summed E-state index contributed by atoms with van der Waals surface area (Å²) < 4.78 is 0. The molecule has 0 saturated heterocycles. The largest absolute Gasteiger partial charge is 0.326 e. The molecular weight excluding hydrogens is 308 g/mol. The van der Waals surface area contributed by atoms with Gasteiger partial charge in [-0.05, 0) is 60.7 Å². The minimum Gasteiger partial charge on any atom is -0.326 e. The highest BCUT2D eigenvalue weighted by Crippen LogP contribution is 2.19. The van der Waals surface area contributed by atoms with Crippen LogP contribution in [0.3, 0.4) is 0 Å². The Morgan fingerprint density at radius 1 is 1.17 bits per heavy atom. The maximum absolute atomic E-state index is 12.1. The van der Waals surface area contributed by atoms with Crippen LogP contribution in [0.1, 0.15) is 28.7 Å². The van der Waals surface area contributed by atoms with Crippen molar-refractivity contribution in [1.82, 2.24) is 5.32 Å². The summed E-state index contributed by atoms with van der Waals surface area (Å²) >= 11 is 0. The molecule has 0 atom stereocenters. The van der Waals surface area contributed by atoms with Crippen LogP contribution in [0.4, 0.5) is 5.69 Å². The van der Waals surface area contributed by atoms with Crippen molar-refractivity contribution in [2.75, 3.05) is 11.9 Å². The highest BCUT2D eigenvalue weighted by Gasteiger charge is 2.10. The molecule has 0 bridgehead atoms. The number of halogens is 1. The van der Waals surface area contributed by atoms with Crippen LogP contribution in [-0.4, -0.2) is 12.5 Å². The summed E-state index contributed by atoms with van der Waals surface area (Å²) in [5.41, 5.74) is 6.07. The van der Waals surface area contributed by atoms with E-state index in [0.717, 1.165) is 31.6 Å². The molecule has 4 heteroatoms. The third kappa shape index (κ3) is 4.57. The zero-order chi connectivity index (χ0) is 15.4. The fourth-order valence-corrected chi connectivity index (χ4v) is 2.92. The normalized spacial score (nSPS) is 12.9. The number of aryl methyl sites for hydroxylation is 2. The number of hydrogen-bond donors (Lipinski definition) is 2. The van der Waals surface area contributed by atoms with Gasteiger partial charge in [-0.1, -0.05) is 30.3 Å². The molecule has 3 nitrogen and oxygen atoms in total. The Balaban J connectivity index is 0.00000192. The second kappa shape index (κ2) is 8.14. The molecule has 23 heavy (non-hydrogen) atoms. The van der Waals surface area contributed by atoms with Gasteiger partial charge in [-0.3, -0.25) is 4.79 Å². The third-order valence-corrected chi connectivity index (χ3v) is 4.26. The quantitative estimate of drug-likeness (QED) is 0.898. The van der Waals surface area contributed by atoms with Gasteiger partial charge in [0, 0.05) is 18.7 Å². The summed E-state index contributed by atoms with van der Waals surface area (Å²) in [6.07, 6.45) is 2.36. The van der Waals surface area contributed by atoms with Crippen molar-refractivity contribution in [3.63, 3.8) is 0 Å². The molecule has 0 aliphatic carbocycles. The van der Waals surface area contributed by atoms with Gasteiger partial charge < -0.3 is 10.6 Å². The van der Waals surface area contributed by atoms with Crippen molar-refractivity contribution in [1.29, 1.82) is 0 Å². The van der Waals surface area contributed by atoms with E-state index in [1.54, 1.807) is 0 Å². The molecule has 1 amide bonds. The van der Waals surface area contributed by atoms with E-state index in [4.69, 9.17) is 0 Å². The van der Waals surface area contributed by atoms with E-state index in [9.17, 15) is 4.79 Å². The maximum Gasteiger partial charge on any atom is 0.224 e. The lowest BCUT2D eigenvalue weighted by Crippen LogP contribution is -2.23. The highest BCUT2D eigenvalue weighted by molar-refractivity contribution is 5.91. The van der Waals surface area contributed by atoms with E-state index in [-0.39, 0.29) is 18.3 Å². The molecule has 0 unspecified atom stereocenters. The predicted molar refractivity (Wildman–Crippen MR) is 97.2 cm³/mol. The first kappa shape index (κ1) is 17.5. The molecule has 1 aliphatic rings. The van der Waals surface area contributed by atoms with E-state index in [1.807, 2.05) is 18.2 Å². The summed E-state index contributed by atoms with van der Waals surface area (Å²) in [4.78, 5) is 12.1. The topological polar surface area (TPSA) is 41.1 Å². The van der Waals surface area contributed by atoms with Crippen molar-refractivity contribution < 1.29 is 4.79 Å². The molecule has 2 N–H and O–H groups in total. The number of fused-ring (bicyclic) bond motifs is 1. The molecule has 0 aromatic heterocycles. The van der Waals surface area contributed by atoms with Gasteiger partial charge in [0.1, 0.15) is 0 Å². The molecule has 2 aromatic carbocycles. The van der Waals surface area contributed by atoms with Crippen molar-refractivity contribution in [3.05, 3.63) is 64.7 Å². The van der Waals surface area contributed by atoms with Crippen LogP contribution in [0.25, 0.3) is 0 Å². The summed E-state index contributed by atoms with van der Waals surface area (Å²) in [6, 6.07) is 14.5. The summed E-state index contributed by atoms with van der Waals surface area (Å²) in [6.45, 7) is 4.01. The first-order chi connectivity index (χ1) is 10.7. The first-order valence-corrected chi connectivity index (χ1v) is 7.89. The lowest BCUT2D eigenvalue weighted by Gasteiger charge is -2.18. The Bertz CT molecular complexity index is 685. The van der Waals surface area contributed by atoms with E-state index in [1.165, 1.54) is 22.3 Å². The molecule has 2 aromatic rings. The van der Waals surface area contributed by atoms with Crippen molar-refractivity contribution in [2.24, 2.45) is 0 Å². The molecule has 1 aliphatic heterocycles. The van der Waals surface area contributed by atoms with Gasteiger partial charge in [0.15, 0.2) is 0 Å². The average molecular weight is 331 g/mol. The minimum absolute atomic E-state index is 0. The summed E-state index contributed by atoms with van der Waals surface area (Å²) in [7, 11) is 0. The minimum atomic E-state index is 0. The van der Waals surface area contributed by atoms with E-state index >= 15 is 0 Å². The number of amides is 1. The summed E-state index contributed by atoms with van der Waals surface area (Å²) in [5.74, 6) is 0.0759. The van der Waals surface area contributed by atoms with Crippen molar-refractivity contribution in [3.8, 4) is 0 Å². The number of carbonyl (C=O) groups is 1. The smallest absolute Gasteiger partial charge is 0.224 e. The lowest BCUT2D eigenvalue weighted by molar-refractivity contribution is -0.116. The Morgan fingerprint density at radius 3 is 2.83 bits per heavy atom. The fraction of sp³-hybridized carbons (Fsp3) is 0.316. The number of hydrogen-bond acceptors (Lipinski definition) is 2. The van der Waals surface area contributed by atoms with Gasteiger partial charge in [0.25, 0.3) is 0 Å². The van der Waals surface area contributed by atoms with Crippen LogP contribution in [0.15, 0.2) is 42.5 Å². The standard InChI is InChI=1S/C19H22N2O.ClH/c1-14-4-2-3-5-15(14)7-9-19(22)21-18-8-6-16-10-11-20-13-17(16)12-18;/h2-6,8,12,20H,7,9-11,13H2,1H3,(H,21,22);1H. The van der Waals surface area contributed by atoms with Crippen LogP contribution in [0.5, 0.6) is 0 Å². The zero-order valence-corrected chi connectivity index (χ0v) is 14.2. The molecule has 0 saturated carbocycles. The Kier molecular flexibility index (Phi) is 6.20. The SMILES string of the molecule is Cc1ccccc1CCC(=O)Nc1ccc2c(c1)CNCC2.Cl. The van der Waals surface area contributed by atoms with Gasteiger partial charge >= 0.3 is 0 Å². The van der Waals surface area contributed by atoms with Gasteiger partial charge in [-0.2, -0.15) is 0 Å². The Hall–Kier alpha value is -1.84. The van der Waals surface area contributed by atoms with Gasteiger partial charge in [0.05, 0.1) is 0 Å². The van der Waals surface area contributed by atoms with Crippen LogP contribution in [0, 0.1) is 6.92 Å². The molecule has 122 valence electrons. The van der Waals surface area contributed by atoms with E-state index in [0.29, 0.717) is 6.42 Å². The van der Waals surface area contributed by atoms with Gasteiger partial charge in [-0.25, -0.2) is 0 Å². The number of benzene rings is 2. The van der Waals surface area contributed by atoms with Gasteiger partial charge in [-0.15, -0.1) is 12.4 Å². The molecule has 0 fully saturated rings. The van der Waals surface area contributed by atoms with Crippen LogP contribution in [-0.2, 0) is 24.2 Å². The number of rotatable bonds is 4. The number of nitrogens with one attached hydrogen (secondary N) is 2. The van der Waals surface area contributed by atoms with Gasteiger partial charge in [0.2, 0.25) is 5.91 Å². The number of carbonyl (C=O) groups excluding carboxylic acids is 1. The van der Waals surface area contributed by atoms with Crippen molar-refractivity contribution >= 4 is 24.0 Å². The molecular formula is C19H23ClN2O. The monoisotopic (exact) mass is 330 g/mol. The highest BCUT2D eigenvalue weighted by atomic mass is 35.5. The van der Waals surface area contributed by atoms with Crippen LogP contribution >= 0.6 is 12.4 Å². The molecule has 0 spiro atoms. The van der Waals surface area contributed by atoms with Crippen LogP contribution in [0.2, 0.25) is 0 Å². The third-order valence-electron chi connectivity index (χ3n) is 4.26. The first-order valence-electron chi connectivity index (χ1n) is 7.89. The second-order valence-corrected chi connectivity index (χ2v) is 5.88. The Morgan fingerprint density at radius 2 is 2.00 bits per heavy atom. The fourth-order valence-electron chi connectivity index (χ4n) is 2.92. The molecule has 3 rings (SSSR count). The average Bonchev–Trinajstić information content (AvgIpc) is 2.54. The Labute approximate surface area is 143 Å². The number of anilines is 1. The zero-order valence-electron chi connectivity index (χ0n) is 13.4. The lowest BCUT2D eigenvalue weighted by atomic mass is 10.0. The second-order valence-electron chi connectivity index (χ2n) is 5.88. The van der Waals surface area contributed by atoms with E-state index in [2.05, 4.69) is 41.8 Å². The predicted octanol–water partition coefficient (Wildman–Crippen LogP) is 3.63. The molecule has 0 radical (unpaired) electrons.